The quantitative estimate of drug-likeness (QED) is 0.840. The smallest absolute Gasteiger partial charge is 0.308 e. The lowest BCUT2D eigenvalue weighted by Gasteiger charge is -2.03. The number of aliphatic carboxylic acids is 1. The molecular weight excluding hydrogens is 332 g/mol. The molecule has 0 fully saturated rings. The van der Waals surface area contributed by atoms with E-state index in [0.29, 0.717) is 11.5 Å². The molecule has 0 aliphatic carbocycles. The van der Waals surface area contributed by atoms with Gasteiger partial charge in [-0.15, -0.1) is 0 Å². The van der Waals surface area contributed by atoms with Crippen molar-refractivity contribution in [1.29, 1.82) is 0 Å². The number of hydrogen-bond donors (Lipinski definition) is 2. The number of carboxylic acids is 1. The van der Waals surface area contributed by atoms with Crippen molar-refractivity contribution in [3.05, 3.63) is 57.3 Å². The maximum atomic E-state index is 11.9. The number of nitrogens with one attached hydrogen (secondary N) is 1. The van der Waals surface area contributed by atoms with Crippen LogP contribution in [0.3, 0.4) is 0 Å². The van der Waals surface area contributed by atoms with Crippen LogP contribution in [0.15, 0.2) is 34.0 Å². The van der Waals surface area contributed by atoms with Gasteiger partial charge in [0.15, 0.2) is 9.84 Å². The number of sulfone groups is 1. The fraction of sp³-hybridized carbons (Fsp3) is 0.188. The van der Waals surface area contributed by atoms with Crippen LogP contribution in [0.25, 0.3) is 12.2 Å². The third kappa shape index (κ3) is 4.39. The zero-order chi connectivity index (χ0) is 17.9. The minimum atomic E-state index is -3.24. The lowest BCUT2D eigenvalue weighted by molar-refractivity contribution is -0.136. The van der Waals surface area contributed by atoms with Gasteiger partial charge >= 0.3 is 5.97 Å². The van der Waals surface area contributed by atoms with E-state index in [1.165, 1.54) is 12.1 Å². The van der Waals surface area contributed by atoms with Crippen molar-refractivity contribution in [3.63, 3.8) is 0 Å². The molecule has 0 amide bonds. The molecule has 1 aromatic carbocycles. The molecule has 0 unspecified atom stereocenters. The van der Waals surface area contributed by atoms with Crippen LogP contribution in [-0.2, 0) is 21.1 Å². The van der Waals surface area contributed by atoms with E-state index in [0.717, 1.165) is 11.8 Å². The molecule has 126 valence electrons. The summed E-state index contributed by atoms with van der Waals surface area (Å²) in [6.45, 7) is 1.58. The summed E-state index contributed by atoms with van der Waals surface area (Å²) in [5, 5.41) is 8.78. The van der Waals surface area contributed by atoms with Crippen LogP contribution in [0, 0.1) is 6.92 Å². The fourth-order valence-electron chi connectivity index (χ4n) is 2.07. The highest BCUT2D eigenvalue weighted by Gasteiger charge is 2.11. The summed E-state index contributed by atoms with van der Waals surface area (Å²) < 4.78 is 22.8. The molecule has 0 bridgehead atoms. The maximum Gasteiger partial charge on any atom is 0.308 e. The molecule has 0 saturated carbocycles. The Morgan fingerprint density at radius 3 is 2.38 bits per heavy atom. The number of carboxylic acid groups (broad SMARTS) is 1. The minimum absolute atomic E-state index is 0.122. The predicted molar refractivity (Wildman–Crippen MR) is 89.4 cm³/mol. The molecule has 0 spiro atoms. The highest BCUT2D eigenvalue weighted by atomic mass is 32.2. The number of aromatic nitrogens is 2. The molecule has 1 heterocycles. The van der Waals surface area contributed by atoms with Gasteiger partial charge in [-0.2, -0.15) is 0 Å². The van der Waals surface area contributed by atoms with Crippen molar-refractivity contribution in [2.45, 2.75) is 18.2 Å². The zero-order valence-corrected chi connectivity index (χ0v) is 13.9. The van der Waals surface area contributed by atoms with Crippen LogP contribution in [0.5, 0.6) is 0 Å². The monoisotopic (exact) mass is 348 g/mol. The van der Waals surface area contributed by atoms with Gasteiger partial charge in [0, 0.05) is 17.5 Å². The first-order valence-electron chi connectivity index (χ1n) is 6.96. The van der Waals surface area contributed by atoms with Crippen LogP contribution in [0.1, 0.15) is 22.6 Å². The van der Waals surface area contributed by atoms with Crippen molar-refractivity contribution in [2.75, 3.05) is 6.26 Å². The molecule has 7 nitrogen and oxygen atoms in total. The van der Waals surface area contributed by atoms with Crippen LogP contribution in [0.4, 0.5) is 0 Å². The summed E-state index contributed by atoms with van der Waals surface area (Å²) in [7, 11) is -3.24. The largest absolute Gasteiger partial charge is 0.481 e. The Labute approximate surface area is 138 Å². The standard InChI is InChI=1S/C16H16N2O5S/c1-10-13(9-15(19)20)16(21)18-14(17-10)8-5-11-3-6-12(7-4-11)24(2,22)23/h3-8H,9H2,1-2H3,(H,19,20)(H,17,18,21)/b8-5+. The number of hydrogen-bond acceptors (Lipinski definition) is 5. The van der Waals surface area contributed by atoms with E-state index < -0.39 is 21.4 Å². The first-order valence-corrected chi connectivity index (χ1v) is 8.86. The summed E-state index contributed by atoms with van der Waals surface area (Å²) >= 11 is 0. The van der Waals surface area contributed by atoms with E-state index in [1.807, 2.05) is 0 Å². The molecule has 8 heteroatoms. The van der Waals surface area contributed by atoms with Gasteiger partial charge in [-0.1, -0.05) is 18.2 Å². The predicted octanol–water partition coefficient (Wildman–Crippen LogP) is 1.28. The Morgan fingerprint density at radius 1 is 1.25 bits per heavy atom. The number of rotatable bonds is 5. The van der Waals surface area contributed by atoms with E-state index >= 15 is 0 Å². The van der Waals surface area contributed by atoms with E-state index in [2.05, 4.69) is 9.97 Å². The van der Waals surface area contributed by atoms with Crippen molar-refractivity contribution in [2.24, 2.45) is 0 Å². The number of aryl methyl sites for hydroxylation is 1. The first kappa shape index (κ1) is 17.6. The van der Waals surface area contributed by atoms with Crippen molar-refractivity contribution in [1.82, 2.24) is 9.97 Å². The van der Waals surface area contributed by atoms with E-state index in [1.54, 1.807) is 31.2 Å². The molecule has 0 atom stereocenters. The Morgan fingerprint density at radius 2 is 1.88 bits per heavy atom. The molecule has 0 saturated heterocycles. The Hall–Kier alpha value is -2.74. The van der Waals surface area contributed by atoms with Gasteiger partial charge < -0.3 is 10.1 Å². The van der Waals surface area contributed by atoms with Gasteiger partial charge in [0.1, 0.15) is 5.82 Å². The molecular formula is C16H16N2O5S. The van der Waals surface area contributed by atoms with E-state index in [4.69, 9.17) is 5.11 Å². The summed E-state index contributed by atoms with van der Waals surface area (Å²) in [6, 6.07) is 6.26. The number of H-pyrrole nitrogens is 1. The normalized spacial score (nSPS) is 11.8. The second-order valence-electron chi connectivity index (χ2n) is 5.26. The number of benzene rings is 1. The van der Waals surface area contributed by atoms with Crippen molar-refractivity contribution >= 4 is 28.0 Å². The maximum absolute atomic E-state index is 11.9. The van der Waals surface area contributed by atoms with Gasteiger partial charge in [-0.3, -0.25) is 9.59 Å². The average molecular weight is 348 g/mol. The topological polar surface area (TPSA) is 117 Å². The number of nitrogens with zero attached hydrogens (tertiary/aromatic N) is 1. The molecule has 0 radical (unpaired) electrons. The van der Waals surface area contributed by atoms with Gasteiger partial charge in [-0.05, 0) is 30.7 Å². The zero-order valence-electron chi connectivity index (χ0n) is 13.1. The van der Waals surface area contributed by atoms with Crippen molar-refractivity contribution in [3.8, 4) is 0 Å². The molecule has 2 N–H and O–H groups in total. The molecule has 24 heavy (non-hydrogen) atoms. The third-order valence-corrected chi connectivity index (χ3v) is 4.44. The summed E-state index contributed by atoms with van der Waals surface area (Å²) in [4.78, 5) is 29.5. The molecule has 0 aliphatic rings. The summed E-state index contributed by atoms with van der Waals surface area (Å²) in [5.74, 6) is -0.807. The molecule has 0 aliphatic heterocycles. The Balaban J connectivity index is 2.26. The van der Waals surface area contributed by atoms with Crippen molar-refractivity contribution < 1.29 is 18.3 Å². The van der Waals surface area contributed by atoms with Crippen LogP contribution < -0.4 is 5.56 Å². The highest BCUT2D eigenvalue weighted by molar-refractivity contribution is 7.90. The summed E-state index contributed by atoms with van der Waals surface area (Å²) in [6.07, 6.45) is 3.98. The SMILES string of the molecule is Cc1nc(/C=C/c2ccc(S(C)(=O)=O)cc2)[nH]c(=O)c1CC(=O)O. The highest BCUT2D eigenvalue weighted by Crippen LogP contribution is 2.12. The number of carbonyl (C=O) groups is 1. The molecule has 2 rings (SSSR count). The second kappa shape index (κ2) is 6.79. The molecule has 2 aromatic rings. The Kier molecular flexibility index (Phi) is 4.99. The van der Waals surface area contributed by atoms with Gasteiger partial charge in [0.05, 0.1) is 11.3 Å². The second-order valence-corrected chi connectivity index (χ2v) is 7.28. The van der Waals surface area contributed by atoms with Crippen LogP contribution in [0.2, 0.25) is 0 Å². The first-order chi connectivity index (χ1) is 11.2. The lowest BCUT2D eigenvalue weighted by atomic mass is 10.1. The summed E-state index contributed by atoms with van der Waals surface area (Å²) in [5.41, 5.74) is 0.722. The number of aromatic amines is 1. The fourth-order valence-corrected chi connectivity index (χ4v) is 2.70. The van der Waals surface area contributed by atoms with E-state index in [-0.39, 0.29) is 16.9 Å². The van der Waals surface area contributed by atoms with Crippen LogP contribution >= 0.6 is 0 Å². The lowest BCUT2D eigenvalue weighted by Crippen LogP contribution is -2.20. The van der Waals surface area contributed by atoms with E-state index in [9.17, 15) is 18.0 Å². The van der Waals surface area contributed by atoms with Gasteiger partial charge in [-0.25, -0.2) is 13.4 Å². The minimum Gasteiger partial charge on any atom is -0.481 e. The molecule has 1 aromatic heterocycles. The Bertz CT molecular complexity index is 957. The van der Waals surface area contributed by atoms with Gasteiger partial charge in [0.2, 0.25) is 0 Å². The van der Waals surface area contributed by atoms with Crippen LogP contribution in [-0.4, -0.2) is 35.7 Å². The third-order valence-electron chi connectivity index (χ3n) is 3.31. The van der Waals surface area contributed by atoms with Gasteiger partial charge in [0.25, 0.3) is 5.56 Å². The average Bonchev–Trinajstić information content (AvgIpc) is 2.48.